The maximum absolute atomic E-state index is 13.6. The van der Waals surface area contributed by atoms with Crippen molar-refractivity contribution < 1.29 is 18.4 Å². The van der Waals surface area contributed by atoms with Gasteiger partial charge in [0.1, 0.15) is 17.7 Å². The molecule has 0 bridgehead atoms. The van der Waals surface area contributed by atoms with Crippen molar-refractivity contribution in [3.05, 3.63) is 29.8 Å². The topological polar surface area (TPSA) is 97.3 Å². The van der Waals surface area contributed by atoms with Gasteiger partial charge in [0.05, 0.1) is 18.3 Å². The smallest absolute Gasteiger partial charge is 0.319 e. The quantitative estimate of drug-likeness (QED) is 0.677. The minimum atomic E-state index is -0.827. The van der Waals surface area contributed by atoms with E-state index < -0.39 is 17.7 Å². The summed E-state index contributed by atoms with van der Waals surface area (Å²) < 4.78 is 26.5. The first-order valence-electron chi connectivity index (χ1n) is 9.88. The average molecular weight is 405 g/mol. The number of amides is 3. The normalized spacial score (nSPS) is 23.6. The van der Waals surface area contributed by atoms with Crippen LogP contribution < -0.4 is 16.0 Å². The first-order valence-corrected chi connectivity index (χ1v) is 9.88. The molecule has 2 fully saturated rings. The predicted octanol–water partition coefficient (Wildman–Crippen LogP) is 2.36. The van der Waals surface area contributed by atoms with Crippen LogP contribution in [-0.2, 0) is 4.79 Å². The summed E-state index contributed by atoms with van der Waals surface area (Å²) in [4.78, 5) is 25.9. The molecule has 0 aromatic heterocycles. The van der Waals surface area contributed by atoms with Gasteiger partial charge < -0.3 is 20.9 Å². The Hall–Kier alpha value is -2.73. The van der Waals surface area contributed by atoms with Gasteiger partial charge in [0.2, 0.25) is 5.91 Å². The van der Waals surface area contributed by atoms with E-state index in [0.29, 0.717) is 19.2 Å². The number of benzene rings is 1. The van der Waals surface area contributed by atoms with Gasteiger partial charge in [0.15, 0.2) is 0 Å². The summed E-state index contributed by atoms with van der Waals surface area (Å²) in [5.41, 5.74) is -0.0778. The zero-order valence-corrected chi connectivity index (χ0v) is 16.1. The molecule has 1 aromatic carbocycles. The van der Waals surface area contributed by atoms with Gasteiger partial charge in [0, 0.05) is 25.2 Å². The van der Waals surface area contributed by atoms with Crippen LogP contribution in [0.15, 0.2) is 18.2 Å². The molecule has 156 valence electrons. The van der Waals surface area contributed by atoms with Crippen LogP contribution in [0.1, 0.15) is 32.1 Å². The number of anilines is 1. The van der Waals surface area contributed by atoms with E-state index in [4.69, 9.17) is 5.26 Å². The SMILES string of the molecule is N#C[C@@H]1CCCN1C(=O)CN[C@@H]1CC[C@H](CNC(=O)Nc2ccc(F)cc2F)C1. The summed E-state index contributed by atoms with van der Waals surface area (Å²) in [6, 6.07) is 4.47. The fourth-order valence-corrected chi connectivity index (χ4v) is 3.97. The average Bonchev–Trinajstić information content (AvgIpc) is 3.36. The summed E-state index contributed by atoms with van der Waals surface area (Å²) in [7, 11) is 0. The largest absolute Gasteiger partial charge is 0.338 e. The first kappa shape index (κ1) is 21.0. The fourth-order valence-electron chi connectivity index (χ4n) is 3.97. The Morgan fingerprint density at radius 2 is 2.07 bits per heavy atom. The van der Waals surface area contributed by atoms with E-state index in [-0.39, 0.29) is 36.1 Å². The maximum atomic E-state index is 13.6. The molecule has 0 radical (unpaired) electrons. The second kappa shape index (κ2) is 9.65. The number of urea groups is 1. The Balaban J connectivity index is 1.36. The van der Waals surface area contributed by atoms with Crippen molar-refractivity contribution in [1.82, 2.24) is 15.5 Å². The van der Waals surface area contributed by atoms with Gasteiger partial charge >= 0.3 is 6.03 Å². The van der Waals surface area contributed by atoms with Crippen LogP contribution in [0.2, 0.25) is 0 Å². The summed E-state index contributed by atoms with van der Waals surface area (Å²) in [6.07, 6.45) is 4.23. The number of hydrogen-bond donors (Lipinski definition) is 3. The molecular formula is C20H25F2N5O2. The molecule has 1 heterocycles. The number of carbonyl (C=O) groups is 2. The number of hydrogen-bond acceptors (Lipinski definition) is 4. The number of rotatable bonds is 6. The number of nitrogens with zero attached hydrogens (tertiary/aromatic N) is 2. The molecule has 1 saturated carbocycles. The molecule has 3 N–H and O–H groups in total. The third kappa shape index (κ3) is 5.64. The molecule has 1 aliphatic carbocycles. The van der Waals surface area contributed by atoms with E-state index in [0.717, 1.165) is 38.2 Å². The minimum Gasteiger partial charge on any atom is -0.338 e. The molecule has 3 rings (SSSR count). The second-order valence-corrected chi connectivity index (χ2v) is 7.59. The van der Waals surface area contributed by atoms with Crippen LogP contribution in [0.4, 0.5) is 19.3 Å². The summed E-state index contributed by atoms with van der Waals surface area (Å²) in [6.45, 7) is 1.29. The molecule has 2 aliphatic rings. The molecular weight excluding hydrogens is 380 g/mol. The van der Waals surface area contributed by atoms with Gasteiger partial charge in [-0.2, -0.15) is 5.26 Å². The van der Waals surface area contributed by atoms with Crippen molar-refractivity contribution in [3.63, 3.8) is 0 Å². The van der Waals surface area contributed by atoms with E-state index >= 15 is 0 Å². The first-order chi connectivity index (χ1) is 14.0. The van der Waals surface area contributed by atoms with E-state index in [2.05, 4.69) is 22.0 Å². The van der Waals surface area contributed by atoms with Crippen LogP contribution in [0.25, 0.3) is 0 Å². The van der Waals surface area contributed by atoms with Gasteiger partial charge in [0.25, 0.3) is 0 Å². The van der Waals surface area contributed by atoms with Crippen LogP contribution >= 0.6 is 0 Å². The van der Waals surface area contributed by atoms with E-state index in [9.17, 15) is 18.4 Å². The summed E-state index contributed by atoms with van der Waals surface area (Å²) in [5.74, 6) is -1.32. The summed E-state index contributed by atoms with van der Waals surface area (Å²) >= 11 is 0. The third-order valence-corrected chi connectivity index (χ3v) is 5.54. The Kier molecular flexibility index (Phi) is 6.99. The lowest BCUT2D eigenvalue weighted by molar-refractivity contribution is -0.130. The molecule has 0 unspecified atom stereocenters. The molecule has 1 saturated heterocycles. The monoisotopic (exact) mass is 405 g/mol. The van der Waals surface area contributed by atoms with Crippen molar-refractivity contribution in [2.45, 2.75) is 44.2 Å². The van der Waals surface area contributed by atoms with Gasteiger partial charge in [-0.05, 0) is 50.2 Å². The van der Waals surface area contributed by atoms with Crippen LogP contribution in [0, 0.1) is 28.9 Å². The van der Waals surface area contributed by atoms with Gasteiger partial charge in [-0.15, -0.1) is 0 Å². The summed E-state index contributed by atoms with van der Waals surface area (Å²) in [5, 5.41) is 17.4. The molecule has 9 heteroatoms. The lowest BCUT2D eigenvalue weighted by Crippen LogP contribution is -2.43. The van der Waals surface area contributed by atoms with Gasteiger partial charge in [-0.3, -0.25) is 4.79 Å². The fraction of sp³-hybridized carbons (Fsp3) is 0.550. The minimum absolute atomic E-state index is 0.0451. The van der Waals surface area contributed by atoms with Crippen molar-refractivity contribution in [1.29, 1.82) is 5.26 Å². The van der Waals surface area contributed by atoms with Gasteiger partial charge in [-0.1, -0.05) is 0 Å². The number of nitriles is 1. The highest BCUT2D eigenvalue weighted by Crippen LogP contribution is 2.25. The molecule has 29 heavy (non-hydrogen) atoms. The number of nitrogens with one attached hydrogen (secondary N) is 3. The maximum Gasteiger partial charge on any atom is 0.319 e. The standard InChI is InChI=1S/C20H25F2N5O2/c21-14-4-6-18(17(22)9-14)26-20(29)25-11-13-3-5-15(8-13)24-12-19(28)27-7-1-2-16(27)10-23/h4,6,9,13,15-16,24H,1-3,5,7-8,11-12H2,(H2,25,26,29)/t13-,15+,16-/m0/s1. The van der Waals surface area contributed by atoms with E-state index in [1.165, 1.54) is 6.07 Å². The molecule has 3 atom stereocenters. The lowest BCUT2D eigenvalue weighted by Gasteiger charge is -2.21. The highest BCUT2D eigenvalue weighted by atomic mass is 19.1. The third-order valence-electron chi connectivity index (χ3n) is 5.54. The van der Waals surface area contributed by atoms with E-state index in [1.807, 2.05) is 0 Å². The predicted molar refractivity (Wildman–Crippen MR) is 103 cm³/mol. The highest BCUT2D eigenvalue weighted by Gasteiger charge is 2.30. The Labute approximate surface area is 168 Å². The zero-order chi connectivity index (χ0) is 20.8. The Bertz CT molecular complexity index is 798. The Morgan fingerprint density at radius 3 is 2.83 bits per heavy atom. The zero-order valence-electron chi connectivity index (χ0n) is 16.1. The molecule has 0 spiro atoms. The van der Waals surface area contributed by atoms with Crippen molar-refractivity contribution in [2.75, 3.05) is 25.0 Å². The van der Waals surface area contributed by atoms with E-state index in [1.54, 1.807) is 4.90 Å². The highest BCUT2D eigenvalue weighted by molar-refractivity contribution is 5.89. The Morgan fingerprint density at radius 1 is 1.24 bits per heavy atom. The number of carbonyl (C=O) groups excluding carboxylic acids is 2. The molecule has 1 aliphatic heterocycles. The molecule has 7 nitrogen and oxygen atoms in total. The van der Waals surface area contributed by atoms with Crippen molar-refractivity contribution in [2.24, 2.45) is 5.92 Å². The van der Waals surface area contributed by atoms with Crippen LogP contribution in [0.5, 0.6) is 0 Å². The van der Waals surface area contributed by atoms with Crippen LogP contribution in [0.3, 0.4) is 0 Å². The molecule has 3 amide bonds. The van der Waals surface area contributed by atoms with Gasteiger partial charge in [-0.25, -0.2) is 13.6 Å². The lowest BCUT2D eigenvalue weighted by atomic mass is 10.1. The number of likely N-dealkylation sites (tertiary alicyclic amines) is 1. The van der Waals surface area contributed by atoms with Crippen molar-refractivity contribution >= 4 is 17.6 Å². The molecule has 1 aromatic rings. The second-order valence-electron chi connectivity index (χ2n) is 7.59. The van der Waals surface area contributed by atoms with Crippen LogP contribution in [-0.4, -0.2) is 48.6 Å². The number of halogens is 2. The van der Waals surface area contributed by atoms with Crippen molar-refractivity contribution in [3.8, 4) is 6.07 Å².